The third kappa shape index (κ3) is 2.53. The Balaban J connectivity index is 1.53. The standard InChI is InChI=1S/C19H26N2O2/c1-23-16-5-6-17-12(11-16)7-8-21(17)19(22)15-9-13-3-2-4-14(10-15)18(13)20/h5-6,11,13-15,18H,2-4,7-10,20H2,1H3. The van der Waals surface area contributed by atoms with Crippen LogP contribution in [0.3, 0.4) is 0 Å². The van der Waals surface area contributed by atoms with Crippen molar-refractivity contribution in [2.45, 2.75) is 44.6 Å². The first-order valence-corrected chi connectivity index (χ1v) is 8.91. The molecule has 0 spiro atoms. The molecule has 2 aliphatic carbocycles. The van der Waals surface area contributed by atoms with E-state index in [0.29, 0.717) is 23.8 Å². The van der Waals surface area contributed by atoms with Gasteiger partial charge in [0.25, 0.3) is 0 Å². The predicted molar refractivity (Wildman–Crippen MR) is 90.6 cm³/mol. The van der Waals surface area contributed by atoms with Crippen molar-refractivity contribution in [3.8, 4) is 5.75 Å². The molecule has 2 atom stereocenters. The van der Waals surface area contributed by atoms with E-state index in [9.17, 15) is 4.79 Å². The van der Waals surface area contributed by atoms with Crippen molar-refractivity contribution in [2.24, 2.45) is 23.5 Å². The fourth-order valence-electron chi connectivity index (χ4n) is 4.95. The van der Waals surface area contributed by atoms with Crippen LogP contribution in [0.25, 0.3) is 0 Å². The smallest absolute Gasteiger partial charge is 0.230 e. The molecule has 4 heteroatoms. The molecule has 1 aromatic carbocycles. The lowest BCUT2D eigenvalue weighted by Crippen LogP contribution is -2.49. The van der Waals surface area contributed by atoms with Gasteiger partial charge in [0.1, 0.15) is 5.75 Å². The average molecular weight is 314 g/mol. The summed E-state index contributed by atoms with van der Waals surface area (Å²) in [4.78, 5) is 15.1. The number of amides is 1. The lowest BCUT2D eigenvalue weighted by Gasteiger charge is -2.44. The molecule has 3 aliphatic rings. The van der Waals surface area contributed by atoms with Crippen LogP contribution in [-0.2, 0) is 11.2 Å². The predicted octanol–water partition coefficient (Wildman–Crippen LogP) is 2.74. The molecule has 4 rings (SSSR count). The summed E-state index contributed by atoms with van der Waals surface area (Å²) in [7, 11) is 1.68. The molecular formula is C19H26N2O2. The molecule has 4 nitrogen and oxygen atoms in total. The van der Waals surface area contributed by atoms with Gasteiger partial charge in [-0.3, -0.25) is 4.79 Å². The maximum Gasteiger partial charge on any atom is 0.230 e. The van der Waals surface area contributed by atoms with Gasteiger partial charge in [0.15, 0.2) is 0 Å². The number of carbonyl (C=O) groups is 1. The zero-order chi connectivity index (χ0) is 16.0. The molecule has 0 aromatic heterocycles. The third-order valence-electron chi connectivity index (χ3n) is 6.21. The number of anilines is 1. The van der Waals surface area contributed by atoms with Crippen LogP contribution in [0, 0.1) is 17.8 Å². The average Bonchev–Trinajstić information content (AvgIpc) is 2.96. The lowest BCUT2D eigenvalue weighted by atomic mass is 9.65. The number of ether oxygens (including phenoxy) is 1. The van der Waals surface area contributed by atoms with Crippen LogP contribution in [0.4, 0.5) is 5.69 Å². The minimum Gasteiger partial charge on any atom is -0.497 e. The van der Waals surface area contributed by atoms with Gasteiger partial charge in [-0.1, -0.05) is 6.42 Å². The SMILES string of the molecule is COc1ccc2c(c1)CCN2C(=O)C1CC2CCCC(C1)C2N. The minimum absolute atomic E-state index is 0.165. The number of benzene rings is 1. The molecule has 1 aliphatic heterocycles. The monoisotopic (exact) mass is 314 g/mol. The molecule has 1 heterocycles. The lowest BCUT2D eigenvalue weighted by molar-refractivity contribution is -0.125. The quantitative estimate of drug-likeness (QED) is 0.913. The Labute approximate surface area is 138 Å². The maximum atomic E-state index is 13.1. The topological polar surface area (TPSA) is 55.6 Å². The van der Waals surface area contributed by atoms with E-state index in [1.165, 1.54) is 24.8 Å². The second kappa shape index (κ2) is 5.82. The Morgan fingerprint density at radius 2 is 2.00 bits per heavy atom. The summed E-state index contributed by atoms with van der Waals surface area (Å²) in [5, 5.41) is 0. The first-order chi connectivity index (χ1) is 11.2. The van der Waals surface area contributed by atoms with E-state index in [2.05, 4.69) is 6.07 Å². The summed E-state index contributed by atoms with van der Waals surface area (Å²) < 4.78 is 5.30. The molecule has 0 saturated heterocycles. The van der Waals surface area contributed by atoms with Crippen LogP contribution >= 0.6 is 0 Å². The zero-order valence-electron chi connectivity index (χ0n) is 13.8. The number of hydrogen-bond donors (Lipinski definition) is 1. The molecule has 2 saturated carbocycles. The van der Waals surface area contributed by atoms with Crippen LogP contribution in [-0.4, -0.2) is 25.6 Å². The number of nitrogens with zero attached hydrogens (tertiary/aromatic N) is 1. The van der Waals surface area contributed by atoms with E-state index in [1.54, 1.807) is 7.11 Å². The number of carbonyl (C=O) groups excluding carboxylic acids is 1. The van der Waals surface area contributed by atoms with E-state index in [0.717, 1.165) is 37.2 Å². The van der Waals surface area contributed by atoms with E-state index in [4.69, 9.17) is 10.5 Å². The van der Waals surface area contributed by atoms with Gasteiger partial charge in [-0.15, -0.1) is 0 Å². The van der Waals surface area contributed by atoms with Crippen molar-refractivity contribution in [2.75, 3.05) is 18.6 Å². The molecule has 2 unspecified atom stereocenters. The van der Waals surface area contributed by atoms with Gasteiger partial charge in [0, 0.05) is 24.2 Å². The second-order valence-corrected chi connectivity index (χ2v) is 7.43. The Kier molecular flexibility index (Phi) is 3.80. The van der Waals surface area contributed by atoms with Crippen molar-refractivity contribution >= 4 is 11.6 Å². The highest BCUT2D eigenvalue weighted by molar-refractivity contribution is 5.97. The van der Waals surface area contributed by atoms with Crippen LogP contribution in [0.15, 0.2) is 18.2 Å². The molecule has 124 valence electrons. The number of rotatable bonds is 2. The van der Waals surface area contributed by atoms with E-state index in [1.807, 2.05) is 17.0 Å². The summed E-state index contributed by atoms with van der Waals surface area (Å²) in [6.45, 7) is 0.805. The van der Waals surface area contributed by atoms with Crippen molar-refractivity contribution in [3.63, 3.8) is 0 Å². The normalized spacial score (nSPS) is 32.5. The first-order valence-electron chi connectivity index (χ1n) is 8.91. The Hall–Kier alpha value is -1.55. The Morgan fingerprint density at radius 1 is 1.26 bits per heavy atom. The van der Waals surface area contributed by atoms with E-state index in [-0.39, 0.29) is 5.92 Å². The van der Waals surface area contributed by atoms with Crippen LogP contribution in [0.5, 0.6) is 5.75 Å². The van der Waals surface area contributed by atoms with Crippen molar-refractivity contribution < 1.29 is 9.53 Å². The maximum absolute atomic E-state index is 13.1. The Bertz CT molecular complexity index is 601. The number of nitrogens with two attached hydrogens (primary N) is 1. The number of hydrogen-bond acceptors (Lipinski definition) is 3. The van der Waals surface area contributed by atoms with Crippen molar-refractivity contribution in [1.29, 1.82) is 0 Å². The summed E-state index contributed by atoms with van der Waals surface area (Å²) >= 11 is 0. The summed E-state index contributed by atoms with van der Waals surface area (Å²) in [6, 6.07) is 6.38. The highest BCUT2D eigenvalue weighted by Crippen LogP contribution is 2.43. The van der Waals surface area contributed by atoms with Crippen LogP contribution in [0.2, 0.25) is 0 Å². The summed E-state index contributed by atoms with van der Waals surface area (Å²) in [5.74, 6) is 2.45. The molecule has 2 fully saturated rings. The van der Waals surface area contributed by atoms with E-state index >= 15 is 0 Å². The van der Waals surface area contributed by atoms with Gasteiger partial charge in [0.05, 0.1) is 7.11 Å². The molecule has 1 amide bonds. The third-order valence-corrected chi connectivity index (χ3v) is 6.21. The fourth-order valence-corrected chi connectivity index (χ4v) is 4.95. The minimum atomic E-state index is 0.165. The van der Waals surface area contributed by atoms with Gasteiger partial charge < -0.3 is 15.4 Å². The van der Waals surface area contributed by atoms with Crippen LogP contribution in [0.1, 0.15) is 37.7 Å². The van der Waals surface area contributed by atoms with Gasteiger partial charge in [-0.25, -0.2) is 0 Å². The number of fused-ring (bicyclic) bond motifs is 3. The molecule has 2 N–H and O–H groups in total. The summed E-state index contributed by atoms with van der Waals surface area (Å²) in [6.07, 6.45) is 6.59. The van der Waals surface area contributed by atoms with E-state index < -0.39 is 0 Å². The largest absolute Gasteiger partial charge is 0.497 e. The van der Waals surface area contributed by atoms with Gasteiger partial charge in [-0.2, -0.15) is 0 Å². The van der Waals surface area contributed by atoms with Gasteiger partial charge >= 0.3 is 0 Å². The fraction of sp³-hybridized carbons (Fsp3) is 0.632. The molecule has 1 aromatic rings. The molecule has 2 bridgehead atoms. The Morgan fingerprint density at radius 3 is 2.70 bits per heavy atom. The number of methoxy groups -OCH3 is 1. The first kappa shape index (κ1) is 15.0. The second-order valence-electron chi connectivity index (χ2n) is 7.43. The van der Waals surface area contributed by atoms with Gasteiger partial charge in [0.2, 0.25) is 5.91 Å². The highest BCUT2D eigenvalue weighted by atomic mass is 16.5. The molecular weight excluding hydrogens is 288 g/mol. The van der Waals surface area contributed by atoms with Crippen LogP contribution < -0.4 is 15.4 Å². The molecule has 0 radical (unpaired) electrons. The zero-order valence-corrected chi connectivity index (χ0v) is 13.8. The van der Waals surface area contributed by atoms with Gasteiger partial charge in [-0.05, 0) is 67.7 Å². The highest BCUT2D eigenvalue weighted by Gasteiger charge is 2.42. The summed E-state index contributed by atoms with van der Waals surface area (Å²) in [5.41, 5.74) is 8.68. The van der Waals surface area contributed by atoms with Crippen molar-refractivity contribution in [1.82, 2.24) is 0 Å². The van der Waals surface area contributed by atoms with Crippen molar-refractivity contribution in [3.05, 3.63) is 23.8 Å². The molecule has 23 heavy (non-hydrogen) atoms.